The highest BCUT2D eigenvalue weighted by atomic mass is 16.4. The summed E-state index contributed by atoms with van der Waals surface area (Å²) in [7, 11) is 1.91. The second-order valence-corrected chi connectivity index (χ2v) is 5.13. The lowest BCUT2D eigenvalue weighted by atomic mass is 9.94. The van der Waals surface area contributed by atoms with Crippen LogP contribution >= 0.6 is 0 Å². The number of aliphatic carboxylic acids is 1. The van der Waals surface area contributed by atoms with Crippen LogP contribution in [0.5, 0.6) is 0 Å². The van der Waals surface area contributed by atoms with Gasteiger partial charge in [0.1, 0.15) is 6.04 Å². The van der Waals surface area contributed by atoms with Gasteiger partial charge < -0.3 is 14.6 Å². The molecule has 1 aromatic heterocycles. The van der Waals surface area contributed by atoms with Crippen molar-refractivity contribution in [2.45, 2.75) is 25.3 Å². The highest BCUT2D eigenvalue weighted by Crippen LogP contribution is 2.43. The molecule has 1 saturated carbocycles. The van der Waals surface area contributed by atoms with Gasteiger partial charge in [-0.1, -0.05) is 6.42 Å². The molecule has 0 aromatic carbocycles. The minimum atomic E-state index is -0.706. The van der Waals surface area contributed by atoms with Crippen molar-refractivity contribution >= 4 is 11.9 Å². The van der Waals surface area contributed by atoms with E-state index in [2.05, 4.69) is 4.98 Å². The number of hydrogen-bond acceptors (Lipinski definition) is 3. The summed E-state index contributed by atoms with van der Waals surface area (Å²) in [5, 5.41) is 9.44. The van der Waals surface area contributed by atoms with Gasteiger partial charge in [-0.05, 0) is 24.7 Å². The van der Waals surface area contributed by atoms with Crippen LogP contribution in [0.15, 0.2) is 12.4 Å². The molecule has 0 bridgehead atoms. The van der Waals surface area contributed by atoms with Gasteiger partial charge in [-0.15, -0.1) is 0 Å². The Kier molecular flexibility index (Phi) is 2.34. The van der Waals surface area contributed by atoms with Gasteiger partial charge in [-0.25, -0.2) is 9.78 Å². The first-order valence-corrected chi connectivity index (χ1v) is 6.15. The molecule has 0 radical (unpaired) electrons. The number of rotatable bonds is 2. The van der Waals surface area contributed by atoms with Crippen molar-refractivity contribution in [3.8, 4) is 0 Å². The summed E-state index contributed by atoms with van der Waals surface area (Å²) >= 11 is 0. The van der Waals surface area contributed by atoms with Crippen LogP contribution in [0.2, 0.25) is 0 Å². The molecule has 92 valence electrons. The predicted molar refractivity (Wildman–Crippen MR) is 62.8 cm³/mol. The number of imidazole rings is 1. The van der Waals surface area contributed by atoms with E-state index in [0.29, 0.717) is 11.8 Å². The fraction of sp³-hybridized carbons (Fsp3) is 0.667. The molecule has 1 saturated heterocycles. The van der Waals surface area contributed by atoms with Crippen LogP contribution in [-0.4, -0.2) is 33.2 Å². The van der Waals surface area contributed by atoms with Crippen LogP contribution in [0, 0.1) is 11.8 Å². The molecule has 1 aliphatic heterocycles. The number of carboxylic acids is 1. The number of carboxylic acid groups (broad SMARTS) is 1. The van der Waals surface area contributed by atoms with E-state index >= 15 is 0 Å². The topological polar surface area (TPSA) is 58.4 Å². The third kappa shape index (κ3) is 1.52. The molecule has 2 aliphatic rings. The number of anilines is 1. The van der Waals surface area contributed by atoms with Crippen LogP contribution in [0.3, 0.4) is 0 Å². The summed E-state index contributed by atoms with van der Waals surface area (Å²) in [6.07, 6.45) is 6.97. The Labute approximate surface area is 100 Å². The molecule has 2 fully saturated rings. The minimum absolute atomic E-state index is 0.309. The van der Waals surface area contributed by atoms with Crippen LogP contribution in [0.4, 0.5) is 5.95 Å². The Morgan fingerprint density at radius 3 is 3.00 bits per heavy atom. The summed E-state index contributed by atoms with van der Waals surface area (Å²) in [6, 6.07) is -0.386. The first-order chi connectivity index (χ1) is 8.18. The van der Waals surface area contributed by atoms with Gasteiger partial charge in [0.2, 0.25) is 5.95 Å². The zero-order chi connectivity index (χ0) is 12.0. The third-order valence-electron chi connectivity index (χ3n) is 4.20. The average molecular weight is 235 g/mol. The van der Waals surface area contributed by atoms with E-state index < -0.39 is 5.97 Å². The summed E-state index contributed by atoms with van der Waals surface area (Å²) in [5.41, 5.74) is 0. The Hall–Kier alpha value is -1.52. The van der Waals surface area contributed by atoms with Crippen molar-refractivity contribution in [3.05, 3.63) is 12.4 Å². The molecule has 0 amide bonds. The van der Waals surface area contributed by atoms with Crippen molar-refractivity contribution in [3.63, 3.8) is 0 Å². The van der Waals surface area contributed by atoms with Gasteiger partial charge in [-0.2, -0.15) is 0 Å². The number of aryl methyl sites for hydroxylation is 1. The van der Waals surface area contributed by atoms with E-state index in [1.165, 1.54) is 6.42 Å². The molecular weight excluding hydrogens is 218 g/mol. The van der Waals surface area contributed by atoms with Crippen LogP contribution in [0.1, 0.15) is 19.3 Å². The smallest absolute Gasteiger partial charge is 0.326 e. The normalized spacial score (nSPS) is 31.8. The minimum Gasteiger partial charge on any atom is -0.480 e. The largest absolute Gasteiger partial charge is 0.480 e. The molecule has 2 heterocycles. The number of nitrogens with zero attached hydrogens (tertiary/aromatic N) is 3. The molecular formula is C12H17N3O2. The second-order valence-electron chi connectivity index (χ2n) is 5.13. The van der Waals surface area contributed by atoms with Gasteiger partial charge in [0.05, 0.1) is 0 Å². The van der Waals surface area contributed by atoms with Gasteiger partial charge in [-0.3, -0.25) is 0 Å². The second kappa shape index (κ2) is 3.75. The van der Waals surface area contributed by atoms with Crippen LogP contribution in [0.25, 0.3) is 0 Å². The number of carbonyl (C=O) groups is 1. The molecule has 3 unspecified atom stereocenters. The Morgan fingerprint density at radius 2 is 2.35 bits per heavy atom. The summed E-state index contributed by atoms with van der Waals surface area (Å²) in [6.45, 7) is 0.840. The first-order valence-electron chi connectivity index (χ1n) is 6.15. The highest BCUT2D eigenvalue weighted by molar-refractivity contribution is 5.79. The third-order valence-corrected chi connectivity index (χ3v) is 4.20. The van der Waals surface area contributed by atoms with E-state index in [1.54, 1.807) is 6.20 Å². The number of hydrogen-bond donors (Lipinski definition) is 1. The molecule has 5 nitrogen and oxygen atoms in total. The van der Waals surface area contributed by atoms with Gasteiger partial charge in [0.15, 0.2) is 0 Å². The molecule has 3 rings (SSSR count). The molecule has 1 aromatic rings. The van der Waals surface area contributed by atoms with Gasteiger partial charge >= 0.3 is 5.97 Å². The van der Waals surface area contributed by atoms with Crippen molar-refractivity contribution in [1.29, 1.82) is 0 Å². The van der Waals surface area contributed by atoms with Crippen molar-refractivity contribution < 1.29 is 9.90 Å². The molecule has 1 aliphatic carbocycles. The molecule has 1 N–H and O–H groups in total. The van der Waals surface area contributed by atoms with Crippen molar-refractivity contribution in [2.75, 3.05) is 11.4 Å². The summed E-state index contributed by atoms with van der Waals surface area (Å²) in [4.78, 5) is 17.7. The lowest BCUT2D eigenvalue weighted by Crippen LogP contribution is -2.40. The summed E-state index contributed by atoms with van der Waals surface area (Å²) in [5.74, 6) is 0.922. The Bertz CT molecular complexity index is 443. The van der Waals surface area contributed by atoms with E-state index in [0.717, 1.165) is 25.3 Å². The zero-order valence-electron chi connectivity index (χ0n) is 9.91. The average Bonchev–Trinajstić information content (AvgIpc) is 2.89. The zero-order valence-corrected chi connectivity index (χ0v) is 9.91. The fourth-order valence-electron chi connectivity index (χ4n) is 3.46. The standard InChI is InChI=1S/C12H17N3O2/c1-14-6-5-13-12(14)15-7-8-3-2-4-9(8)10(15)11(16)17/h5-6,8-10H,2-4,7H2,1H3,(H,16,17). The maximum Gasteiger partial charge on any atom is 0.326 e. The highest BCUT2D eigenvalue weighted by Gasteiger charge is 2.48. The molecule has 0 spiro atoms. The lowest BCUT2D eigenvalue weighted by Gasteiger charge is -2.25. The van der Waals surface area contributed by atoms with Gasteiger partial charge in [0.25, 0.3) is 0 Å². The van der Waals surface area contributed by atoms with E-state index in [9.17, 15) is 9.90 Å². The van der Waals surface area contributed by atoms with Crippen LogP contribution < -0.4 is 4.90 Å². The Balaban J connectivity index is 1.95. The maximum absolute atomic E-state index is 11.5. The SMILES string of the molecule is Cn1ccnc1N1CC2CCCC2C1C(=O)O. The van der Waals surface area contributed by atoms with Crippen LogP contribution in [-0.2, 0) is 11.8 Å². The first kappa shape index (κ1) is 10.6. The predicted octanol–water partition coefficient (Wildman–Crippen LogP) is 1.11. The fourth-order valence-corrected chi connectivity index (χ4v) is 3.46. The molecule has 3 atom stereocenters. The maximum atomic E-state index is 11.5. The quantitative estimate of drug-likeness (QED) is 0.834. The van der Waals surface area contributed by atoms with E-state index in [1.807, 2.05) is 22.7 Å². The lowest BCUT2D eigenvalue weighted by molar-refractivity contribution is -0.139. The van der Waals surface area contributed by atoms with Gasteiger partial charge in [0, 0.05) is 26.0 Å². The van der Waals surface area contributed by atoms with Crippen molar-refractivity contribution in [2.24, 2.45) is 18.9 Å². The van der Waals surface area contributed by atoms with Crippen molar-refractivity contribution in [1.82, 2.24) is 9.55 Å². The molecule has 17 heavy (non-hydrogen) atoms. The monoisotopic (exact) mass is 235 g/mol. The molecule has 5 heteroatoms. The van der Waals surface area contributed by atoms with E-state index in [4.69, 9.17) is 0 Å². The summed E-state index contributed by atoms with van der Waals surface area (Å²) < 4.78 is 1.90. The number of fused-ring (bicyclic) bond motifs is 1. The number of aromatic nitrogens is 2. The van der Waals surface area contributed by atoms with E-state index in [-0.39, 0.29) is 6.04 Å². The Morgan fingerprint density at radius 1 is 1.53 bits per heavy atom.